The summed E-state index contributed by atoms with van der Waals surface area (Å²) in [6, 6.07) is 7.66. The highest BCUT2D eigenvalue weighted by atomic mass is 32.1. The molecule has 60 valence electrons. The second-order valence-electron chi connectivity index (χ2n) is 2.43. The van der Waals surface area contributed by atoms with E-state index in [1.807, 2.05) is 24.3 Å². The maximum atomic E-state index is 5.69. The third kappa shape index (κ3) is 2.22. The van der Waals surface area contributed by atoms with E-state index in [2.05, 4.69) is 12.6 Å². The van der Waals surface area contributed by atoms with Gasteiger partial charge in [0.25, 0.3) is 0 Å². The second-order valence-corrected chi connectivity index (χ2v) is 2.95. The van der Waals surface area contributed by atoms with Gasteiger partial charge in [-0.05, 0) is 17.7 Å². The van der Waals surface area contributed by atoms with Crippen LogP contribution in [0.5, 0.6) is 0 Å². The first-order chi connectivity index (χ1) is 5.24. The average Bonchev–Trinajstić information content (AvgIpc) is 2.05. The molecule has 0 spiro atoms. The van der Waals surface area contributed by atoms with Crippen molar-refractivity contribution < 1.29 is 0 Å². The van der Waals surface area contributed by atoms with Crippen molar-refractivity contribution in [1.82, 2.24) is 0 Å². The third-order valence-corrected chi connectivity index (χ3v) is 1.87. The van der Waals surface area contributed by atoms with Crippen LogP contribution in [0.3, 0.4) is 0 Å². The normalized spacial score (nSPS) is 13.0. The minimum Gasteiger partial charge on any atom is -0.329 e. The summed E-state index contributed by atoms with van der Waals surface area (Å²) in [4.78, 5) is 0.943. The molecule has 1 aromatic carbocycles. The van der Waals surface area contributed by atoms with E-state index >= 15 is 0 Å². The van der Waals surface area contributed by atoms with Crippen molar-refractivity contribution in [1.29, 1.82) is 0 Å². The van der Waals surface area contributed by atoms with Crippen LogP contribution in [-0.4, -0.2) is 6.54 Å². The van der Waals surface area contributed by atoms with Crippen LogP contribution in [0.4, 0.5) is 0 Å². The molecule has 3 heteroatoms. The zero-order valence-corrected chi connectivity index (χ0v) is 7.09. The summed E-state index contributed by atoms with van der Waals surface area (Å²) in [5.74, 6) is 0. The van der Waals surface area contributed by atoms with Crippen LogP contribution in [0.2, 0.25) is 0 Å². The maximum Gasteiger partial charge on any atom is 0.0419 e. The van der Waals surface area contributed by atoms with Crippen molar-refractivity contribution in [2.75, 3.05) is 6.54 Å². The van der Waals surface area contributed by atoms with Gasteiger partial charge >= 0.3 is 0 Å². The number of hydrogen-bond acceptors (Lipinski definition) is 3. The van der Waals surface area contributed by atoms with Gasteiger partial charge < -0.3 is 11.5 Å². The number of hydrogen-bond donors (Lipinski definition) is 3. The summed E-state index contributed by atoms with van der Waals surface area (Å²) in [7, 11) is 0. The lowest BCUT2D eigenvalue weighted by Gasteiger charge is -2.07. The molecule has 0 bridgehead atoms. The Bertz CT molecular complexity index is 220. The van der Waals surface area contributed by atoms with E-state index in [0.717, 1.165) is 10.5 Å². The van der Waals surface area contributed by atoms with Gasteiger partial charge in [0, 0.05) is 17.5 Å². The molecule has 0 aliphatic rings. The summed E-state index contributed by atoms with van der Waals surface area (Å²) in [5.41, 5.74) is 12.2. The Morgan fingerprint density at radius 1 is 1.27 bits per heavy atom. The summed E-state index contributed by atoms with van der Waals surface area (Å²) in [5, 5.41) is 0. The molecule has 0 aliphatic carbocycles. The van der Waals surface area contributed by atoms with E-state index in [-0.39, 0.29) is 6.04 Å². The van der Waals surface area contributed by atoms with Crippen LogP contribution in [0.15, 0.2) is 29.2 Å². The lowest BCUT2D eigenvalue weighted by atomic mass is 10.1. The predicted octanol–water partition coefficient (Wildman–Crippen LogP) is 0.934. The molecule has 1 aromatic rings. The van der Waals surface area contributed by atoms with Crippen LogP contribution in [0, 0.1) is 0 Å². The van der Waals surface area contributed by atoms with Gasteiger partial charge in [-0.2, -0.15) is 0 Å². The molecule has 0 aliphatic heterocycles. The van der Waals surface area contributed by atoms with Gasteiger partial charge in [-0.15, -0.1) is 12.6 Å². The predicted molar refractivity (Wildman–Crippen MR) is 49.7 cm³/mol. The molecule has 1 rings (SSSR count). The lowest BCUT2D eigenvalue weighted by Crippen LogP contribution is -2.20. The van der Waals surface area contributed by atoms with Gasteiger partial charge in [-0.25, -0.2) is 0 Å². The van der Waals surface area contributed by atoms with Crippen molar-refractivity contribution in [3.05, 3.63) is 29.8 Å². The highest BCUT2D eigenvalue weighted by molar-refractivity contribution is 7.80. The van der Waals surface area contributed by atoms with Gasteiger partial charge in [0.1, 0.15) is 0 Å². The largest absolute Gasteiger partial charge is 0.329 e. The molecule has 2 nitrogen and oxygen atoms in total. The van der Waals surface area contributed by atoms with Gasteiger partial charge in [-0.1, -0.05) is 12.1 Å². The molecule has 4 N–H and O–H groups in total. The Kier molecular flexibility index (Phi) is 2.93. The minimum atomic E-state index is -0.0519. The molecule has 0 fully saturated rings. The zero-order chi connectivity index (χ0) is 8.27. The molecule has 0 saturated carbocycles. The Hall–Kier alpha value is -0.510. The molecule has 0 saturated heterocycles. The minimum absolute atomic E-state index is 0.0519. The number of nitrogens with two attached hydrogens (primary N) is 2. The van der Waals surface area contributed by atoms with Crippen molar-refractivity contribution >= 4 is 12.6 Å². The Balaban J connectivity index is 2.81. The van der Waals surface area contributed by atoms with Crippen LogP contribution < -0.4 is 11.5 Å². The van der Waals surface area contributed by atoms with Gasteiger partial charge in [-0.3, -0.25) is 0 Å². The molecule has 0 amide bonds. The summed E-state index contributed by atoms with van der Waals surface area (Å²) < 4.78 is 0. The van der Waals surface area contributed by atoms with E-state index in [9.17, 15) is 0 Å². The fourth-order valence-corrected chi connectivity index (χ4v) is 1.01. The topological polar surface area (TPSA) is 52.0 Å². The Morgan fingerprint density at radius 2 is 1.82 bits per heavy atom. The SMILES string of the molecule is NCC(N)c1ccc(S)cc1. The molecular formula is C8H12N2S. The van der Waals surface area contributed by atoms with E-state index < -0.39 is 0 Å². The first-order valence-electron chi connectivity index (χ1n) is 3.48. The molecule has 1 atom stereocenters. The average molecular weight is 168 g/mol. The summed E-state index contributed by atoms with van der Waals surface area (Å²) >= 11 is 4.16. The number of thiol groups is 1. The van der Waals surface area contributed by atoms with Gasteiger partial charge in [0.2, 0.25) is 0 Å². The third-order valence-electron chi connectivity index (χ3n) is 1.58. The molecule has 11 heavy (non-hydrogen) atoms. The fraction of sp³-hybridized carbons (Fsp3) is 0.250. The second kappa shape index (κ2) is 3.76. The standard InChI is InChI=1S/C8H12N2S/c9-5-8(10)6-1-3-7(11)4-2-6/h1-4,8,11H,5,9-10H2. The Labute approximate surface area is 72.0 Å². The van der Waals surface area contributed by atoms with Crippen molar-refractivity contribution in [3.8, 4) is 0 Å². The van der Waals surface area contributed by atoms with E-state index in [1.165, 1.54) is 0 Å². The Morgan fingerprint density at radius 3 is 2.27 bits per heavy atom. The van der Waals surface area contributed by atoms with Crippen LogP contribution >= 0.6 is 12.6 Å². The van der Waals surface area contributed by atoms with Crippen LogP contribution in [-0.2, 0) is 0 Å². The molecule has 0 aromatic heterocycles. The highest BCUT2D eigenvalue weighted by Crippen LogP contribution is 2.12. The molecule has 1 unspecified atom stereocenters. The summed E-state index contributed by atoms with van der Waals surface area (Å²) in [6.45, 7) is 0.478. The smallest absolute Gasteiger partial charge is 0.0419 e. The van der Waals surface area contributed by atoms with Crippen molar-refractivity contribution in [3.63, 3.8) is 0 Å². The number of benzene rings is 1. The van der Waals surface area contributed by atoms with Gasteiger partial charge in [0.05, 0.1) is 0 Å². The molecule has 0 radical (unpaired) electrons. The first-order valence-corrected chi connectivity index (χ1v) is 3.93. The van der Waals surface area contributed by atoms with Crippen LogP contribution in [0.1, 0.15) is 11.6 Å². The highest BCUT2D eigenvalue weighted by Gasteiger charge is 2.00. The monoisotopic (exact) mass is 168 g/mol. The number of rotatable bonds is 2. The van der Waals surface area contributed by atoms with E-state index in [4.69, 9.17) is 11.5 Å². The maximum absolute atomic E-state index is 5.69. The fourth-order valence-electron chi connectivity index (χ4n) is 0.858. The van der Waals surface area contributed by atoms with Gasteiger partial charge in [0.15, 0.2) is 0 Å². The first kappa shape index (κ1) is 8.59. The quantitative estimate of drug-likeness (QED) is 0.575. The van der Waals surface area contributed by atoms with E-state index in [0.29, 0.717) is 6.54 Å². The molecular weight excluding hydrogens is 156 g/mol. The van der Waals surface area contributed by atoms with Crippen molar-refractivity contribution in [2.45, 2.75) is 10.9 Å². The lowest BCUT2D eigenvalue weighted by molar-refractivity contribution is 0.736. The molecule has 0 heterocycles. The summed E-state index contributed by atoms with van der Waals surface area (Å²) in [6.07, 6.45) is 0. The van der Waals surface area contributed by atoms with Crippen LogP contribution in [0.25, 0.3) is 0 Å². The van der Waals surface area contributed by atoms with Crippen molar-refractivity contribution in [2.24, 2.45) is 11.5 Å². The van der Waals surface area contributed by atoms with E-state index in [1.54, 1.807) is 0 Å². The zero-order valence-electron chi connectivity index (χ0n) is 6.20.